The zero-order chi connectivity index (χ0) is 14.8. The van der Waals surface area contributed by atoms with E-state index in [2.05, 4.69) is 22.9 Å². The Kier molecular flexibility index (Phi) is 3.66. The molecule has 0 spiro atoms. The molecule has 1 aliphatic heterocycles. The lowest BCUT2D eigenvalue weighted by atomic mass is 10.0. The Hall–Kier alpha value is -2.28. The highest BCUT2D eigenvalue weighted by Crippen LogP contribution is 2.32. The highest BCUT2D eigenvalue weighted by atomic mass is 16.4. The van der Waals surface area contributed by atoms with Gasteiger partial charge < -0.3 is 9.32 Å². The highest BCUT2D eigenvalue weighted by molar-refractivity contribution is 5.62. The number of aryl methyl sites for hydroxylation is 1. The van der Waals surface area contributed by atoms with Crippen molar-refractivity contribution in [3.8, 4) is 17.5 Å². The summed E-state index contributed by atoms with van der Waals surface area (Å²) in [6, 6.07) is 10.1. The molecule has 0 amide bonds. The number of piperidine rings is 1. The molecule has 21 heavy (non-hydrogen) atoms. The van der Waals surface area contributed by atoms with Crippen molar-refractivity contribution in [2.24, 2.45) is 5.92 Å². The molecule has 1 aromatic carbocycles. The van der Waals surface area contributed by atoms with E-state index in [0.717, 1.165) is 30.6 Å². The van der Waals surface area contributed by atoms with E-state index in [1.807, 2.05) is 31.2 Å². The van der Waals surface area contributed by atoms with Gasteiger partial charge in [0.2, 0.25) is 17.5 Å². The van der Waals surface area contributed by atoms with Crippen LogP contribution in [0.15, 0.2) is 28.7 Å². The van der Waals surface area contributed by atoms with Gasteiger partial charge in [-0.05, 0) is 37.3 Å². The number of nitriles is 1. The van der Waals surface area contributed by atoms with E-state index >= 15 is 0 Å². The first-order valence-electron chi connectivity index (χ1n) is 7.41. The summed E-state index contributed by atoms with van der Waals surface area (Å²) in [5.74, 6) is 1.79. The minimum Gasteiger partial charge on any atom is -0.419 e. The molecule has 0 N–H and O–H groups in total. The number of benzene rings is 1. The lowest BCUT2D eigenvalue weighted by Crippen LogP contribution is -2.34. The summed E-state index contributed by atoms with van der Waals surface area (Å²) in [7, 11) is 0. The van der Waals surface area contributed by atoms with Crippen molar-refractivity contribution in [2.75, 3.05) is 18.0 Å². The summed E-state index contributed by atoms with van der Waals surface area (Å²) >= 11 is 0. The van der Waals surface area contributed by atoms with Crippen molar-refractivity contribution in [3.63, 3.8) is 0 Å². The van der Waals surface area contributed by atoms with Crippen molar-refractivity contribution >= 4 is 5.88 Å². The molecule has 108 valence electrons. The zero-order valence-electron chi connectivity index (χ0n) is 12.5. The normalized spacial score (nSPS) is 18.5. The summed E-state index contributed by atoms with van der Waals surface area (Å²) in [4.78, 5) is 6.54. The highest BCUT2D eigenvalue weighted by Gasteiger charge is 2.24. The van der Waals surface area contributed by atoms with Gasteiger partial charge in [0.05, 0.1) is 0 Å². The first kappa shape index (κ1) is 13.7. The number of aromatic nitrogens is 1. The average molecular weight is 281 g/mol. The third-order valence-electron chi connectivity index (χ3n) is 4.03. The van der Waals surface area contributed by atoms with Gasteiger partial charge in [-0.3, -0.25) is 0 Å². The van der Waals surface area contributed by atoms with Crippen molar-refractivity contribution < 1.29 is 4.42 Å². The SMILES string of the molecule is Cc1ccccc1-c1nc(C#N)c(N2CCC[C@@H](C)C2)o1. The van der Waals surface area contributed by atoms with E-state index in [9.17, 15) is 5.26 Å². The molecule has 3 rings (SSSR count). The molecule has 1 saturated heterocycles. The van der Waals surface area contributed by atoms with E-state index < -0.39 is 0 Å². The molecule has 1 aliphatic rings. The van der Waals surface area contributed by atoms with E-state index in [1.54, 1.807) is 0 Å². The van der Waals surface area contributed by atoms with E-state index in [1.165, 1.54) is 6.42 Å². The van der Waals surface area contributed by atoms with Gasteiger partial charge >= 0.3 is 0 Å². The molecule has 4 nitrogen and oxygen atoms in total. The summed E-state index contributed by atoms with van der Waals surface area (Å²) < 4.78 is 5.95. The lowest BCUT2D eigenvalue weighted by molar-refractivity contribution is 0.422. The van der Waals surface area contributed by atoms with Crippen molar-refractivity contribution in [1.29, 1.82) is 5.26 Å². The van der Waals surface area contributed by atoms with E-state index in [-0.39, 0.29) is 0 Å². The summed E-state index contributed by atoms with van der Waals surface area (Å²) in [6.45, 7) is 6.11. The van der Waals surface area contributed by atoms with Gasteiger partial charge in [-0.25, -0.2) is 0 Å². The number of hydrogen-bond acceptors (Lipinski definition) is 4. The summed E-state index contributed by atoms with van der Waals surface area (Å²) in [5, 5.41) is 9.35. The second kappa shape index (κ2) is 5.61. The molecule has 1 aromatic heterocycles. The van der Waals surface area contributed by atoms with Gasteiger partial charge in [-0.15, -0.1) is 0 Å². The Morgan fingerprint density at radius 1 is 1.38 bits per heavy atom. The van der Waals surface area contributed by atoms with Crippen LogP contribution < -0.4 is 4.90 Å². The molecule has 0 bridgehead atoms. The van der Waals surface area contributed by atoms with Crippen LogP contribution in [-0.2, 0) is 0 Å². The Balaban J connectivity index is 1.99. The molecule has 0 radical (unpaired) electrons. The number of nitrogens with zero attached hydrogens (tertiary/aromatic N) is 3. The van der Waals surface area contributed by atoms with Gasteiger partial charge in [-0.2, -0.15) is 10.2 Å². The molecule has 0 unspecified atom stereocenters. The second-order valence-corrected chi connectivity index (χ2v) is 5.79. The van der Waals surface area contributed by atoms with Crippen molar-refractivity contribution in [2.45, 2.75) is 26.7 Å². The standard InChI is InChI=1S/C17H19N3O/c1-12-6-5-9-20(11-12)17-15(10-18)19-16(21-17)14-8-4-3-7-13(14)2/h3-4,7-8,12H,5-6,9,11H2,1-2H3/t12-/m1/s1. The van der Waals surface area contributed by atoms with E-state index in [4.69, 9.17) is 4.42 Å². The molecule has 0 aliphatic carbocycles. The molecule has 4 heteroatoms. The van der Waals surface area contributed by atoms with Crippen LogP contribution in [0.3, 0.4) is 0 Å². The van der Waals surface area contributed by atoms with Crippen LogP contribution >= 0.6 is 0 Å². The fourth-order valence-electron chi connectivity index (χ4n) is 2.90. The largest absolute Gasteiger partial charge is 0.419 e. The number of oxazole rings is 1. The smallest absolute Gasteiger partial charge is 0.235 e. The zero-order valence-corrected chi connectivity index (χ0v) is 12.5. The van der Waals surface area contributed by atoms with E-state index in [0.29, 0.717) is 23.4 Å². The maximum atomic E-state index is 9.35. The minimum atomic E-state index is 0.391. The Morgan fingerprint density at radius 2 is 2.19 bits per heavy atom. The fraction of sp³-hybridized carbons (Fsp3) is 0.412. The summed E-state index contributed by atoms with van der Waals surface area (Å²) in [6.07, 6.45) is 2.36. The molecular weight excluding hydrogens is 262 g/mol. The first-order chi connectivity index (χ1) is 10.2. The third kappa shape index (κ3) is 2.64. The van der Waals surface area contributed by atoms with Crippen molar-refractivity contribution in [3.05, 3.63) is 35.5 Å². The maximum absolute atomic E-state index is 9.35. The Labute approximate surface area is 125 Å². The van der Waals surface area contributed by atoms with Gasteiger partial charge in [-0.1, -0.05) is 25.1 Å². The molecule has 1 atom stereocenters. The van der Waals surface area contributed by atoms with Crippen LogP contribution in [0.5, 0.6) is 0 Å². The quantitative estimate of drug-likeness (QED) is 0.841. The van der Waals surface area contributed by atoms with Gasteiger partial charge in [0.1, 0.15) is 6.07 Å². The monoisotopic (exact) mass is 281 g/mol. The molecule has 1 fully saturated rings. The minimum absolute atomic E-state index is 0.391. The van der Waals surface area contributed by atoms with Crippen LogP contribution in [0.25, 0.3) is 11.5 Å². The number of anilines is 1. The first-order valence-corrected chi connectivity index (χ1v) is 7.41. The molecular formula is C17H19N3O. The predicted octanol–water partition coefficient (Wildman–Crippen LogP) is 3.76. The number of rotatable bonds is 2. The van der Waals surface area contributed by atoms with Gasteiger partial charge in [0.25, 0.3) is 0 Å². The van der Waals surface area contributed by atoms with Crippen LogP contribution in [0.2, 0.25) is 0 Å². The van der Waals surface area contributed by atoms with Gasteiger partial charge in [0.15, 0.2) is 0 Å². The predicted molar refractivity (Wildman–Crippen MR) is 82.0 cm³/mol. The topological polar surface area (TPSA) is 53.1 Å². The second-order valence-electron chi connectivity index (χ2n) is 5.79. The van der Waals surface area contributed by atoms with Crippen LogP contribution in [-0.4, -0.2) is 18.1 Å². The lowest BCUT2D eigenvalue weighted by Gasteiger charge is -2.30. The Morgan fingerprint density at radius 3 is 2.90 bits per heavy atom. The molecule has 0 saturated carbocycles. The molecule has 2 aromatic rings. The molecule has 2 heterocycles. The van der Waals surface area contributed by atoms with Crippen molar-refractivity contribution in [1.82, 2.24) is 4.98 Å². The fourth-order valence-corrected chi connectivity index (χ4v) is 2.90. The third-order valence-corrected chi connectivity index (χ3v) is 4.03. The van der Waals surface area contributed by atoms with Crippen LogP contribution in [0, 0.1) is 24.2 Å². The maximum Gasteiger partial charge on any atom is 0.235 e. The van der Waals surface area contributed by atoms with Crippen LogP contribution in [0.1, 0.15) is 31.0 Å². The Bertz CT molecular complexity index is 684. The van der Waals surface area contributed by atoms with Crippen LogP contribution in [0.4, 0.5) is 5.88 Å². The number of hydrogen-bond donors (Lipinski definition) is 0. The average Bonchev–Trinajstić information content (AvgIpc) is 2.92. The summed E-state index contributed by atoms with van der Waals surface area (Å²) in [5.41, 5.74) is 2.44. The van der Waals surface area contributed by atoms with Gasteiger partial charge in [0, 0.05) is 18.7 Å².